The van der Waals surface area contributed by atoms with Crippen LogP contribution < -0.4 is 16.0 Å². The molecule has 0 radical (unpaired) electrons. The number of nitrogens with one attached hydrogen (secondary N) is 2. The van der Waals surface area contributed by atoms with Crippen molar-refractivity contribution in [3.05, 3.63) is 46.9 Å². The second-order valence-corrected chi connectivity index (χ2v) is 8.12. The first-order valence-electron chi connectivity index (χ1n) is 12.6. The number of anilines is 3. The molecule has 1 aliphatic rings. The molecule has 3 rings (SSSR count). The summed E-state index contributed by atoms with van der Waals surface area (Å²) in [4.78, 5) is 18.9. The second kappa shape index (κ2) is 15.0. The molecule has 2 heterocycles. The summed E-state index contributed by atoms with van der Waals surface area (Å²) in [6, 6.07) is 4.38. The Kier molecular flexibility index (Phi) is 12.9. The van der Waals surface area contributed by atoms with Crippen LogP contribution in [-0.2, 0) is 6.42 Å². The van der Waals surface area contributed by atoms with Gasteiger partial charge in [-0.3, -0.25) is 4.90 Å². The van der Waals surface area contributed by atoms with Gasteiger partial charge in [-0.2, -0.15) is 0 Å². The number of carbonyl (C=O) groups is 1. The molecule has 0 saturated heterocycles. The first-order valence-corrected chi connectivity index (χ1v) is 12.6. The van der Waals surface area contributed by atoms with Crippen LogP contribution in [0, 0.1) is 11.2 Å². The van der Waals surface area contributed by atoms with E-state index in [1.807, 2.05) is 13.8 Å². The monoisotopic (exact) mass is 471 g/mol. The van der Waals surface area contributed by atoms with Crippen molar-refractivity contribution in [3.63, 3.8) is 0 Å². The van der Waals surface area contributed by atoms with E-state index in [0.29, 0.717) is 18.3 Å². The first-order chi connectivity index (χ1) is 16.4. The fourth-order valence-electron chi connectivity index (χ4n) is 4.07. The lowest BCUT2D eigenvalue weighted by molar-refractivity contribution is 0.257. The van der Waals surface area contributed by atoms with Gasteiger partial charge < -0.3 is 16.5 Å². The highest BCUT2D eigenvalue weighted by Crippen LogP contribution is 2.36. The van der Waals surface area contributed by atoms with Crippen LogP contribution >= 0.6 is 0 Å². The number of hydrogen-bond acceptors (Lipinski definition) is 4. The molecule has 0 saturated carbocycles. The number of fused-ring (bicyclic) bond motifs is 1. The van der Waals surface area contributed by atoms with Gasteiger partial charge in [0.25, 0.3) is 0 Å². The van der Waals surface area contributed by atoms with Crippen LogP contribution in [0.4, 0.5) is 26.4 Å². The largest absolute Gasteiger partial charge is 0.396 e. The van der Waals surface area contributed by atoms with Crippen molar-refractivity contribution in [1.82, 2.24) is 4.98 Å². The van der Waals surface area contributed by atoms with E-state index in [9.17, 15) is 9.18 Å². The zero-order valence-corrected chi connectivity index (χ0v) is 21.7. The number of rotatable bonds is 7. The lowest BCUT2D eigenvalue weighted by Crippen LogP contribution is -2.34. The highest BCUT2D eigenvalue weighted by atomic mass is 19.1. The van der Waals surface area contributed by atoms with Gasteiger partial charge in [0.2, 0.25) is 0 Å². The predicted molar refractivity (Wildman–Crippen MR) is 143 cm³/mol. The molecule has 0 fully saturated rings. The summed E-state index contributed by atoms with van der Waals surface area (Å²) in [5.74, 6) is 0.497. The van der Waals surface area contributed by atoms with Crippen LogP contribution in [0.2, 0.25) is 0 Å². The Hall–Kier alpha value is -2.96. The molecule has 7 heteroatoms. The highest BCUT2D eigenvalue weighted by Gasteiger charge is 2.30. The van der Waals surface area contributed by atoms with E-state index in [-0.39, 0.29) is 23.0 Å². The van der Waals surface area contributed by atoms with E-state index >= 15 is 0 Å². The van der Waals surface area contributed by atoms with Crippen molar-refractivity contribution in [2.45, 2.75) is 86.0 Å². The molecule has 188 valence electrons. The van der Waals surface area contributed by atoms with Gasteiger partial charge >= 0.3 is 6.03 Å². The number of nitrogens with zero attached hydrogens (tertiary/aromatic N) is 2. The minimum absolute atomic E-state index is 0.103. The van der Waals surface area contributed by atoms with Crippen LogP contribution in [-0.4, -0.2) is 23.8 Å². The summed E-state index contributed by atoms with van der Waals surface area (Å²) in [5.41, 5.74) is 8.43. The van der Waals surface area contributed by atoms with E-state index in [4.69, 9.17) is 11.1 Å². The van der Waals surface area contributed by atoms with E-state index in [0.717, 1.165) is 43.9 Å². The molecule has 6 nitrogen and oxygen atoms in total. The minimum atomic E-state index is -0.662. The van der Waals surface area contributed by atoms with Gasteiger partial charge in [0.15, 0.2) is 0 Å². The number of aromatic nitrogens is 1. The number of urea groups is 1. The molecule has 2 aromatic rings. The molecule has 1 aliphatic heterocycles. The minimum Gasteiger partial charge on any atom is -0.396 e. The average Bonchev–Trinajstić information content (AvgIpc) is 3.27. The Labute approximate surface area is 204 Å². The van der Waals surface area contributed by atoms with E-state index in [1.165, 1.54) is 24.1 Å². The fourth-order valence-corrected chi connectivity index (χ4v) is 4.07. The first kappa shape index (κ1) is 29.1. The molecule has 0 spiro atoms. The summed E-state index contributed by atoms with van der Waals surface area (Å²) < 4.78 is 14.0. The van der Waals surface area contributed by atoms with Gasteiger partial charge in [-0.15, -0.1) is 0 Å². The Morgan fingerprint density at radius 2 is 1.85 bits per heavy atom. The van der Waals surface area contributed by atoms with Crippen molar-refractivity contribution in [2.24, 2.45) is 0 Å². The van der Waals surface area contributed by atoms with Crippen LogP contribution in [0.5, 0.6) is 0 Å². The number of amides is 2. The number of nitrogen functional groups attached to an aromatic ring is 1. The molecule has 2 amide bonds. The molecule has 1 aromatic heterocycles. The van der Waals surface area contributed by atoms with Crippen molar-refractivity contribution >= 4 is 29.4 Å². The van der Waals surface area contributed by atoms with Crippen LogP contribution in [0.1, 0.15) is 96.3 Å². The molecular weight excluding hydrogens is 429 g/mol. The topological polar surface area (TPSA) is 95.1 Å². The van der Waals surface area contributed by atoms with Crippen molar-refractivity contribution in [1.29, 1.82) is 5.41 Å². The Morgan fingerprint density at radius 3 is 2.41 bits per heavy atom. The van der Waals surface area contributed by atoms with E-state index < -0.39 is 5.82 Å². The van der Waals surface area contributed by atoms with Crippen LogP contribution in [0.25, 0.3) is 0 Å². The standard InChI is InChI=1S/C22H28FN5O.C3H8.C2H6/c1-3-5-14(6-4-2)17-7-9-26-21-18(17)8-10-28(21)22(29)27-16-11-15(13-24)20(25)19(23)12-16;1-3-2;1-2/h7,9,11-14,24H,3-6,8,10,25H2,1-2H3,(H,27,29);3H2,1-2H3;1-2H3. The van der Waals surface area contributed by atoms with Gasteiger partial charge in [0.1, 0.15) is 11.6 Å². The molecule has 4 N–H and O–H groups in total. The zero-order chi connectivity index (χ0) is 25.7. The average molecular weight is 472 g/mol. The maximum Gasteiger partial charge on any atom is 0.327 e. The van der Waals surface area contributed by atoms with Gasteiger partial charge in [-0.1, -0.05) is 60.8 Å². The SMILES string of the molecule is CC.CCC.CCCC(CCC)c1ccnc2c1CCN2C(=O)Nc1cc(F)c(N)c(C=N)c1. The molecule has 0 bridgehead atoms. The van der Waals surface area contributed by atoms with Crippen molar-refractivity contribution < 1.29 is 9.18 Å². The molecule has 0 unspecified atom stereocenters. The number of hydrogen-bond donors (Lipinski definition) is 3. The lowest BCUT2D eigenvalue weighted by atomic mass is 9.87. The summed E-state index contributed by atoms with van der Waals surface area (Å²) in [6.07, 6.45) is 9.22. The van der Waals surface area contributed by atoms with Crippen molar-refractivity contribution in [3.8, 4) is 0 Å². The summed E-state index contributed by atoms with van der Waals surface area (Å²) >= 11 is 0. The maximum atomic E-state index is 14.0. The molecule has 1 aromatic carbocycles. The summed E-state index contributed by atoms with van der Waals surface area (Å²) in [5, 5.41) is 10.1. The third kappa shape index (κ3) is 7.27. The number of nitrogens with two attached hydrogens (primary N) is 1. The number of carbonyl (C=O) groups excluding carboxylic acids is 1. The number of benzene rings is 1. The fraction of sp³-hybridized carbons (Fsp3) is 0.519. The Bertz CT molecular complexity index is 925. The lowest BCUT2D eigenvalue weighted by Gasteiger charge is -2.21. The third-order valence-electron chi connectivity index (χ3n) is 5.44. The smallest absolute Gasteiger partial charge is 0.327 e. The van der Waals surface area contributed by atoms with E-state index in [2.05, 4.69) is 44.1 Å². The summed E-state index contributed by atoms with van der Waals surface area (Å²) in [6.45, 7) is 13.2. The van der Waals surface area contributed by atoms with Gasteiger partial charge in [-0.05, 0) is 48.9 Å². The van der Waals surface area contributed by atoms with Gasteiger partial charge in [-0.25, -0.2) is 14.2 Å². The summed E-state index contributed by atoms with van der Waals surface area (Å²) in [7, 11) is 0. The molecule has 0 aliphatic carbocycles. The third-order valence-corrected chi connectivity index (χ3v) is 5.44. The number of pyridine rings is 1. The normalized spacial score (nSPS) is 11.7. The predicted octanol–water partition coefficient (Wildman–Crippen LogP) is 7.52. The van der Waals surface area contributed by atoms with Crippen LogP contribution in [0.15, 0.2) is 24.4 Å². The van der Waals surface area contributed by atoms with Gasteiger partial charge in [0.05, 0.1) is 5.69 Å². The zero-order valence-electron chi connectivity index (χ0n) is 21.7. The van der Waals surface area contributed by atoms with E-state index in [1.54, 1.807) is 11.1 Å². The Balaban J connectivity index is 0.00000107. The number of halogens is 1. The second-order valence-electron chi connectivity index (χ2n) is 8.12. The molecular formula is C27H42FN5O. The molecule has 34 heavy (non-hydrogen) atoms. The van der Waals surface area contributed by atoms with Crippen LogP contribution in [0.3, 0.4) is 0 Å². The van der Waals surface area contributed by atoms with Gasteiger partial charge in [0, 0.05) is 35.8 Å². The molecule has 0 atom stereocenters. The quantitative estimate of drug-likeness (QED) is 0.288. The Morgan fingerprint density at radius 1 is 1.24 bits per heavy atom. The highest BCUT2D eigenvalue weighted by molar-refractivity contribution is 6.03. The van der Waals surface area contributed by atoms with Crippen molar-refractivity contribution in [2.75, 3.05) is 22.5 Å². The maximum absolute atomic E-state index is 14.0.